The van der Waals surface area contributed by atoms with Crippen LogP contribution in [-0.2, 0) is 0 Å². The van der Waals surface area contributed by atoms with Crippen molar-refractivity contribution < 1.29 is 0 Å². The van der Waals surface area contributed by atoms with Gasteiger partial charge in [-0.3, -0.25) is 0 Å². The lowest BCUT2D eigenvalue weighted by Crippen LogP contribution is -2.45. The number of hydrogen-bond donors (Lipinski definition) is 4. The molecular formula is C14H34N4. The number of nitrogens with two attached hydrogens (primary N) is 2. The summed E-state index contributed by atoms with van der Waals surface area (Å²) in [5, 5.41) is 7.15. The predicted molar refractivity (Wildman–Crippen MR) is 80.8 cm³/mol. The fourth-order valence-electron chi connectivity index (χ4n) is 2.30. The highest BCUT2D eigenvalue weighted by atomic mass is 15.0. The lowest BCUT2D eigenvalue weighted by atomic mass is 9.87. The number of rotatable bonds is 13. The molecule has 4 heteroatoms. The average Bonchev–Trinajstić information content (AvgIpc) is 2.41. The smallest absolute Gasteiger partial charge is 0.0176 e. The summed E-state index contributed by atoms with van der Waals surface area (Å²) in [6, 6.07) is 0. The quantitative estimate of drug-likeness (QED) is 0.375. The molecule has 0 atom stereocenters. The van der Waals surface area contributed by atoms with E-state index in [1.807, 2.05) is 0 Å². The largest absolute Gasteiger partial charge is 0.330 e. The zero-order valence-corrected chi connectivity index (χ0v) is 12.4. The van der Waals surface area contributed by atoms with Crippen molar-refractivity contribution in [3.05, 3.63) is 0 Å². The van der Waals surface area contributed by atoms with Gasteiger partial charge in [-0.1, -0.05) is 13.8 Å². The molecule has 0 aliphatic carbocycles. The van der Waals surface area contributed by atoms with Crippen molar-refractivity contribution in [2.45, 2.75) is 57.9 Å². The molecule has 0 aromatic rings. The van der Waals surface area contributed by atoms with Gasteiger partial charge in [0, 0.05) is 5.54 Å². The van der Waals surface area contributed by atoms with Gasteiger partial charge >= 0.3 is 0 Å². The molecule has 6 N–H and O–H groups in total. The van der Waals surface area contributed by atoms with Crippen molar-refractivity contribution in [3.63, 3.8) is 0 Å². The lowest BCUT2D eigenvalue weighted by molar-refractivity contribution is 0.272. The maximum Gasteiger partial charge on any atom is 0.0176 e. The standard InChI is InChI=1S/C14H34N4/c1-3-14(4-2,18-13-7-10-16)8-5-11-17-12-6-9-15/h17-18H,3-13,15-16H2,1-2H3. The van der Waals surface area contributed by atoms with Crippen LogP contribution in [0.5, 0.6) is 0 Å². The van der Waals surface area contributed by atoms with Crippen LogP contribution in [0.1, 0.15) is 52.4 Å². The van der Waals surface area contributed by atoms with Crippen molar-refractivity contribution in [2.24, 2.45) is 11.5 Å². The summed E-state index contributed by atoms with van der Waals surface area (Å²) in [6.07, 6.45) is 6.98. The molecule has 0 spiro atoms. The second-order valence-electron chi connectivity index (χ2n) is 5.05. The zero-order valence-electron chi connectivity index (χ0n) is 12.4. The summed E-state index contributed by atoms with van der Waals surface area (Å²) in [4.78, 5) is 0. The molecule has 110 valence electrons. The maximum atomic E-state index is 5.55. The van der Waals surface area contributed by atoms with Gasteiger partial charge < -0.3 is 22.1 Å². The van der Waals surface area contributed by atoms with Crippen LogP contribution in [0.2, 0.25) is 0 Å². The van der Waals surface area contributed by atoms with Gasteiger partial charge in [-0.25, -0.2) is 0 Å². The van der Waals surface area contributed by atoms with E-state index in [2.05, 4.69) is 24.5 Å². The summed E-state index contributed by atoms with van der Waals surface area (Å²) < 4.78 is 0. The van der Waals surface area contributed by atoms with Crippen molar-refractivity contribution in [1.82, 2.24) is 10.6 Å². The molecule has 0 rings (SSSR count). The number of hydrogen-bond acceptors (Lipinski definition) is 4. The van der Waals surface area contributed by atoms with E-state index in [-0.39, 0.29) is 0 Å². The summed E-state index contributed by atoms with van der Waals surface area (Å²) in [6.45, 7) is 9.29. The van der Waals surface area contributed by atoms with Crippen LogP contribution in [-0.4, -0.2) is 38.3 Å². The van der Waals surface area contributed by atoms with E-state index in [0.717, 1.165) is 45.6 Å². The van der Waals surface area contributed by atoms with Crippen LogP contribution in [0, 0.1) is 0 Å². The van der Waals surface area contributed by atoms with Gasteiger partial charge in [-0.15, -0.1) is 0 Å². The molecule has 18 heavy (non-hydrogen) atoms. The van der Waals surface area contributed by atoms with Gasteiger partial charge in [0.05, 0.1) is 0 Å². The summed E-state index contributed by atoms with van der Waals surface area (Å²) >= 11 is 0. The Kier molecular flexibility index (Phi) is 11.8. The molecule has 0 aliphatic heterocycles. The first-order chi connectivity index (χ1) is 8.74. The van der Waals surface area contributed by atoms with E-state index < -0.39 is 0 Å². The molecular weight excluding hydrogens is 224 g/mol. The second-order valence-corrected chi connectivity index (χ2v) is 5.05. The molecule has 0 aliphatic rings. The van der Waals surface area contributed by atoms with Crippen molar-refractivity contribution in [2.75, 3.05) is 32.7 Å². The molecule has 4 nitrogen and oxygen atoms in total. The van der Waals surface area contributed by atoms with Gasteiger partial charge in [-0.2, -0.15) is 0 Å². The Morgan fingerprint density at radius 1 is 0.833 bits per heavy atom. The third-order valence-electron chi connectivity index (χ3n) is 3.80. The van der Waals surface area contributed by atoms with E-state index in [4.69, 9.17) is 11.5 Å². The van der Waals surface area contributed by atoms with Crippen LogP contribution in [0.25, 0.3) is 0 Å². The minimum atomic E-state index is 0.310. The summed E-state index contributed by atoms with van der Waals surface area (Å²) in [5.74, 6) is 0. The van der Waals surface area contributed by atoms with Gasteiger partial charge in [0.1, 0.15) is 0 Å². The van der Waals surface area contributed by atoms with Gasteiger partial charge in [0.2, 0.25) is 0 Å². The molecule has 0 bridgehead atoms. The highest BCUT2D eigenvalue weighted by molar-refractivity contribution is 4.85. The van der Waals surface area contributed by atoms with Gasteiger partial charge in [-0.05, 0) is 71.2 Å². The van der Waals surface area contributed by atoms with E-state index in [0.29, 0.717) is 5.54 Å². The van der Waals surface area contributed by atoms with Crippen molar-refractivity contribution in [1.29, 1.82) is 0 Å². The van der Waals surface area contributed by atoms with Crippen LogP contribution in [0.3, 0.4) is 0 Å². The predicted octanol–water partition coefficient (Wildman–Crippen LogP) is 1.20. The third-order valence-corrected chi connectivity index (χ3v) is 3.80. The summed E-state index contributed by atoms with van der Waals surface area (Å²) in [7, 11) is 0. The van der Waals surface area contributed by atoms with E-state index in [9.17, 15) is 0 Å². The summed E-state index contributed by atoms with van der Waals surface area (Å²) in [5.41, 5.74) is 11.3. The van der Waals surface area contributed by atoms with E-state index >= 15 is 0 Å². The Morgan fingerprint density at radius 3 is 1.94 bits per heavy atom. The van der Waals surface area contributed by atoms with Crippen LogP contribution in [0.15, 0.2) is 0 Å². The minimum Gasteiger partial charge on any atom is -0.330 e. The molecule has 0 amide bonds. The first kappa shape index (κ1) is 17.8. The van der Waals surface area contributed by atoms with Gasteiger partial charge in [0.25, 0.3) is 0 Å². The fourth-order valence-corrected chi connectivity index (χ4v) is 2.30. The van der Waals surface area contributed by atoms with E-state index in [1.54, 1.807) is 0 Å². The molecule has 0 radical (unpaired) electrons. The van der Waals surface area contributed by atoms with Gasteiger partial charge in [0.15, 0.2) is 0 Å². The van der Waals surface area contributed by atoms with Crippen LogP contribution < -0.4 is 22.1 Å². The van der Waals surface area contributed by atoms with Crippen molar-refractivity contribution >= 4 is 0 Å². The van der Waals surface area contributed by atoms with E-state index in [1.165, 1.54) is 25.7 Å². The molecule has 0 saturated heterocycles. The Morgan fingerprint density at radius 2 is 1.39 bits per heavy atom. The first-order valence-corrected chi connectivity index (χ1v) is 7.60. The Hall–Kier alpha value is -0.160. The highest BCUT2D eigenvalue weighted by Crippen LogP contribution is 2.21. The SMILES string of the molecule is CCC(CC)(CCCNCCCN)NCCCN. The highest BCUT2D eigenvalue weighted by Gasteiger charge is 2.23. The molecule has 0 aromatic carbocycles. The third kappa shape index (κ3) is 8.03. The Balaban J connectivity index is 3.79. The Labute approximate surface area is 113 Å². The molecule has 0 saturated carbocycles. The normalized spacial score (nSPS) is 12.0. The molecule has 0 heterocycles. The lowest BCUT2D eigenvalue weighted by Gasteiger charge is -2.33. The molecule has 0 aromatic heterocycles. The monoisotopic (exact) mass is 258 g/mol. The molecule has 0 unspecified atom stereocenters. The first-order valence-electron chi connectivity index (χ1n) is 7.60. The van der Waals surface area contributed by atoms with Crippen LogP contribution in [0.4, 0.5) is 0 Å². The Bertz CT molecular complexity index is 169. The second kappa shape index (κ2) is 11.9. The zero-order chi connectivity index (χ0) is 13.7. The van der Waals surface area contributed by atoms with Crippen molar-refractivity contribution in [3.8, 4) is 0 Å². The number of nitrogens with one attached hydrogen (secondary N) is 2. The average molecular weight is 258 g/mol. The topological polar surface area (TPSA) is 76.1 Å². The minimum absolute atomic E-state index is 0.310. The fraction of sp³-hybridized carbons (Fsp3) is 1.00. The molecule has 0 fully saturated rings. The maximum absolute atomic E-state index is 5.55. The van der Waals surface area contributed by atoms with Crippen LogP contribution >= 0.6 is 0 Å².